The number of nitrogens with one attached hydrogen (secondary N) is 1. The molecule has 0 aliphatic heterocycles. The van der Waals surface area contributed by atoms with Gasteiger partial charge in [0.2, 0.25) is 0 Å². The van der Waals surface area contributed by atoms with Crippen LogP contribution in [0.1, 0.15) is 21.5 Å². The number of hydrogen-bond acceptors (Lipinski definition) is 3. The topological polar surface area (TPSA) is 38.3 Å². The number of methoxy groups -OCH3 is 1. The minimum absolute atomic E-state index is 0.193. The van der Waals surface area contributed by atoms with E-state index in [9.17, 15) is 18.0 Å². The average Bonchev–Trinajstić information content (AvgIpc) is 2.52. The molecular weight excluding hydrogens is 331 g/mol. The van der Waals surface area contributed by atoms with Gasteiger partial charge in [-0.1, -0.05) is 23.7 Å². The highest BCUT2D eigenvalue weighted by Gasteiger charge is 2.30. The van der Waals surface area contributed by atoms with Gasteiger partial charge >= 0.3 is 12.1 Å². The number of carbonyl (C=O) groups excluding carboxylic acids is 1. The fourth-order valence-electron chi connectivity index (χ4n) is 1.91. The second-order valence-corrected chi connectivity index (χ2v) is 5.14. The number of esters is 1. The number of hydrogen-bond donors (Lipinski definition) is 1. The van der Waals surface area contributed by atoms with Crippen LogP contribution < -0.4 is 5.32 Å². The first-order valence-corrected chi connectivity index (χ1v) is 6.97. The third-order valence-corrected chi connectivity index (χ3v) is 3.48. The highest BCUT2D eigenvalue weighted by atomic mass is 35.5. The Balaban J connectivity index is 2.10. The fourth-order valence-corrected chi connectivity index (χ4v) is 2.10. The Hall–Kier alpha value is -2.21. The number of alkyl halides is 3. The predicted molar refractivity (Wildman–Crippen MR) is 81.6 cm³/mol. The molecule has 3 nitrogen and oxygen atoms in total. The molecule has 0 aliphatic rings. The van der Waals surface area contributed by atoms with Crippen LogP contribution >= 0.6 is 11.6 Å². The summed E-state index contributed by atoms with van der Waals surface area (Å²) >= 11 is 5.91. The van der Waals surface area contributed by atoms with Crippen LogP contribution in [0.3, 0.4) is 0 Å². The Morgan fingerprint density at radius 3 is 2.39 bits per heavy atom. The Kier molecular flexibility index (Phi) is 5.15. The molecule has 0 amide bonds. The van der Waals surface area contributed by atoms with E-state index < -0.39 is 17.7 Å². The van der Waals surface area contributed by atoms with Crippen molar-refractivity contribution >= 4 is 23.3 Å². The lowest BCUT2D eigenvalue weighted by Crippen LogP contribution is -2.07. The van der Waals surface area contributed by atoms with E-state index in [-0.39, 0.29) is 17.3 Å². The minimum Gasteiger partial charge on any atom is -0.465 e. The lowest BCUT2D eigenvalue weighted by molar-refractivity contribution is -0.137. The van der Waals surface area contributed by atoms with Gasteiger partial charge in [0.25, 0.3) is 0 Å². The van der Waals surface area contributed by atoms with Gasteiger partial charge in [-0.15, -0.1) is 0 Å². The molecule has 0 aromatic heterocycles. The summed E-state index contributed by atoms with van der Waals surface area (Å²) in [6.07, 6.45) is -4.43. The van der Waals surface area contributed by atoms with E-state index in [0.717, 1.165) is 17.7 Å². The van der Waals surface area contributed by atoms with Crippen molar-refractivity contribution in [3.8, 4) is 0 Å². The van der Waals surface area contributed by atoms with Gasteiger partial charge in [0.05, 0.1) is 28.9 Å². The molecular formula is C16H13ClF3NO2. The van der Waals surface area contributed by atoms with Crippen molar-refractivity contribution in [2.45, 2.75) is 12.7 Å². The highest BCUT2D eigenvalue weighted by molar-refractivity contribution is 6.33. The van der Waals surface area contributed by atoms with E-state index in [2.05, 4.69) is 10.1 Å². The smallest absolute Gasteiger partial charge is 0.416 e. The number of carbonyl (C=O) groups is 1. The number of rotatable bonds is 4. The largest absolute Gasteiger partial charge is 0.465 e. The van der Waals surface area contributed by atoms with Crippen LogP contribution in [0.2, 0.25) is 5.02 Å². The average molecular weight is 344 g/mol. The summed E-state index contributed by atoms with van der Waals surface area (Å²) in [5, 5.41) is 3.05. The molecule has 0 atom stereocenters. The quantitative estimate of drug-likeness (QED) is 0.814. The van der Waals surface area contributed by atoms with Gasteiger partial charge < -0.3 is 10.1 Å². The van der Waals surface area contributed by atoms with Gasteiger partial charge in [0, 0.05) is 6.54 Å². The molecule has 0 radical (unpaired) electrons. The molecule has 0 bridgehead atoms. The maximum Gasteiger partial charge on any atom is 0.416 e. The van der Waals surface area contributed by atoms with Crippen molar-refractivity contribution in [2.24, 2.45) is 0 Å². The van der Waals surface area contributed by atoms with Crippen molar-refractivity contribution in [2.75, 3.05) is 12.4 Å². The first-order valence-electron chi connectivity index (χ1n) is 6.59. The number of benzene rings is 2. The van der Waals surface area contributed by atoms with Crippen LogP contribution in [0.15, 0.2) is 42.5 Å². The molecule has 2 rings (SSSR count). The Morgan fingerprint density at radius 2 is 1.83 bits per heavy atom. The van der Waals surface area contributed by atoms with Crippen molar-refractivity contribution in [1.29, 1.82) is 0 Å². The SMILES string of the molecule is COC(=O)c1ccc(CNc2cc(C(F)(F)F)ccc2Cl)cc1. The fraction of sp³-hybridized carbons (Fsp3) is 0.188. The molecule has 0 saturated heterocycles. The van der Waals surface area contributed by atoms with Crippen LogP contribution in [0, 0.1) is 0 Å². The number of halogens is 4. The molecule has 23 heavy (non-hydrogen) atoms. The number of anilines is 1. The lowest BCUT2D eigenvalue weighted by atomic mass is 10.1. The maximum atomic E-state index is 12.7. The van der Waals surface area contributed by atoms with Crippen molar-refractivity contribution < 1.29 is 22.7 Å². The second-order valence-electron chi connectivity index (χ2n) is 4.73. The van der Waals surface area contributed by atoms with Gasteiger partial charge in [0.1, 0.15) is 0 Å². The summed E-state index contributed by atoms with van der Waals surface area (Å²) in [6, 6.07) is 9.62. The highest BCUT2D eigenvalue weighted by Crippen LogP contribution is 2.33. The van der Waals surface area contributed by atoms with E-state index in [0.29, 0.717) is 5.56 Å². The van der Waals surface area contributed by atoms with E-state index in [1.807, 2.05) is 0 Å². The van der Waals surface area contributed by atoms with Crippen molar-refractivity contribution in [1.82, 2.24) is 0 Å². The summed E-state index contributed by atoms with van der Waals surface area (Å²) in [7, 11) is 1.29. The van der Waals surface area contributed by atoms with Crippen LogP contribution in [-0.2, 0) is 17.5 Å². The molecule has 0 unspecified atom stereocenters. The zero-order valence-corrected chi connectivity index (χ0v) is 12.8. The molecule has 2 aromatic carbocycles. The molecule has 0 fully saturated rings. The van der Waals surface area contributed by atoms with Gasteiger partial charge in [-0.25, -0.2) is 4.79 Å². The molecule has 0 aliphatic carbocycles. The zero-order valence-electron chi connectivity index (χ0n) is 12.1. The van der Waals surface area contributed by atoms with Gasteiger partial charge in [-0.2, -0.15) is 13.2 Å². The Bertz CT molecular complexity index is 699. The summed E-state index contributed by atoms with van der Waals surface area (Å²) in [5.41, 5.74) is 0.600. The van der Waals surface area contributed by atoms with Crippen molar-refractivity contribution in [3.63, 3.8) is 0 Å². The molecule has 0 saturated carbocycles. The lowest BCUT2D eigenvalue weighted by Gasteiger charge is -2.12. The minimum atomic E-state index is -4.43. The maximum absolute atomic E-state index is 12.7. The third kappa shape index (κ3) is 4.39. The molecule has 7 heteroatoms. The van der Waals surface area contributed by atoms with E-state index >= 15 is 0 Å². The van der Waals surface area contributed by atoms with Crippen LogP contribution in [0.4, 0.5) is 18.9 Å². The predicted octanol–water partition coefficient (Wildman–Crippen LogP) is 4.76. The summed E-state index contributed by atoms with van der Waals surface area (Å²) in [4.78, 5) is 11.3. The summed E-state index contributed by atoms with van der Waals surface area (Å²) in [6.45, 7) is 0.266. The third-order valence-electron chi connectivity index (χ3n) is 3.15. The van der Waals surface area contributed by atoms with Crippen LogP contribution in [-0.4, -0.2) is 13.1 Å². The van der Waals surface area contributed by atoms with Gasteiger partial charge in [-0.3, -0.25) is 0 Å². The monoisotopic (exact) mass is 343 g/mol. The molecule has 1 N–H and O–H groups in total. The number of ether oxygens (including phenoxy) is 1. The zero-order chi connectivity index (χ0) is 17.0. The standard InChI is InChI=1S/C16H13ClF3NO2/c1-23-15(22)11-4-2-10(3-5-11)9-21-14-8-12(16(18,19)20)6-7-13(14)17/h2-8,21H,9H2,1H3. The molecule has 0 heterocycles. The van der Waals surface area contributed by atoms with Gasteiger partial charge in [0.15, 0.2) is 0 Å². The first-order chi connectivity index (χ1) is 10.8. The van der Waals surface area contributed by atoms with E-state index in [1.165, 1.54) is 13.2 Å². The summed E-state index contributed by atoms with van der Waals surface area (Å²) < 4.78 is 42.7. The molecule has 122 valence electrons. The Morgan fingerprint density at radius 1 is 1.17 bits per heavy atom. The van der Waals surface area contributed by atoms with Crippen LogP contribution in [0.5, 0.6) is 0 Å². The molecule has 0 spiro atoms. The Labute approximate surface area is 136 Å². The second kappa shape index (κ2) is 6.91. The van der Waals surface area contributed by atoms with Crippen LogP contribution in [0.25, 0.3) is 0 Å². The summed E-state index contributed by atoms with van der Waals surface area (Å²) in [5.74, 6) is -0.453. The van der Waals surface area contributed by atoms with Crippen molar-refractivity contribution in [3.05, 3.63) is 64.2 Å². The first kappa shape index (κ1) is 17.1. The van der Waals surface area contributed by atoms with Gasteiger partial charge in [-0.05, 0) is 35.9 Å². The van der Waals surface area contributed by atoms with E-state index in [1.54, 1.807) is 24.3 Å². The normalized spacial score (nSPS) is 11.2. The van der Waals surface area contributed by atoms with E-state index in [4.69, 9.17) is 11.6 Å². The molecule has 2 aromatic rings.